The van der Waals surface area contributed by atoms with E-state index in [-0.39, 0.29) is 24.0 Å². The van der Waals surface area contributed by atoms with E-state index in [9.17, 15) is 0 Å². The first-order valence-electron chi connectivity index (χ1n) is 7.63. The Morgan fingerprint density at radius 3 is 2.33 bits per heavy atom. The van der Waals surface area contributed by atoms with Crippen LogP contribution in [-0.4, -0.2) is 25.6 Å². The number of nitrogens with one attached hydrogen (secondary N) is 2. The van der Waals surface area contributed by atoms with Crippen LogP contribution >= 0.6 is 24.0 Å². The van der Waals surface area contributed by atoms with Gasteiger partial charge in [-0.1, -0.05) is 44.2 Å². The van der Waals surface area contributed by atoms with E-state index in [1.165, 1.54) is 12.0 Å². The molecule has 0 saturated heterocycles. The van der Waals surface area contributed by atoms with E-state index >= 15 is 0 Å². The quantitative estimate of drug-likeness (QED) is 0.412. The maximum atomic E-state index is 4.27. The summed E-state index contributed by atoms with van der Waals surface area (Å²) in [6.45, 7) is 7.65. The van der Waals surface area contributed by atoms with Crippen LogP contribution < -0.4 is 10.6 Å². The number of guanidine groups is 1. The standard InChI is InChI=1S/C17H29N3.HI/c1-14(2)12-13-19-17(18-4)20-15(3)10-11-16-8-6-5-7-9-16;/h5-9,14-15H,10-13H2,1-4H3,(H2,18,19,20);1H. The monoisotopic (exact) mass is 403 g/mol. The summed E-state index contributed by atoms with van der Waals surface area (Å²) >= 11 is 0. The summed E-state index contributed by atoms with van der Waals surface area (Å²) < 4.78 is 0. The molecular formula is C17H30IN3. The lowest BCUT2D eigenvalue weighted by Crippen LogP contribution is -2.42. The highest BCUT2D eigenvalue weighted by Crippen LogP contribution is 2.04. The van der Waals surface area contributed by atoms with Crippen molar-refractivity contribution in [2.75, 3.05) is 13.6 Å². The number of aryl methyl sites for hydroxylation is 1. The molecule has 4 heteroatoms. The largest absolute Gasteiger partial charge is 0.356 e. The zero-order valence-electron chi connectivity index (χ0n) is 13.7. The van der Waals surface area contributed by atoms with Crippen molar-refractivity contribution in [2.24, 2.45) is 10.9 Å². The minimum atomic E-state index is 0. The minimum Gasteiger partial charge on any atom is -0.356 e. The molecule has 0 bridgehead atoms. The number of aliphatic imine (C=N–C) groups is 1. The van der Waals surface area contributed by atoms with Gasteiger partial charge in [0.25, 0.3) is 0 Å². The molecule has 120 valence electrons. The molecular weight excluding hydrogens is 373 g/mol. The van der Waals surface area contributed by atoms with Crippen molar-refractivity contribution in [3.8, 4) is 0 Å². The molecule has 3 nitrogen and oxygen atoms in total. The molecule has 0 heterocycles. The Morgan fingerprint density at radius 1 is 1.10 bits per heavy atom. The Morgan fingerprint density at radius 2 is 1.76 bits per heavy atom. The van der Waals surface area contributed by atoms with Gasteiger partial charge in [-0.25, -0.2) is 0 Å². The van der Waals surface area contributed by atoms with Crippen molar-refractivity contribution in [1.29, 1.82) is 0 Å². The molecule has 0 saturated carbocycles. The second kappa shape index (κ2) is 11.8. The van der Waals surface area contributed by atoms with Crippen molar-refractivity contribution in [1.82, 2.24) is 10.6 Å². The fraction of sp³-hybridized carbons (Fsp3) is 0.588. The van der Waals surface area contributed by atoms with Crippen LogP contribution in [0, 0.1) is 5.92 Å². The Hall–Kier alpha value is -0.780. The first-order valence-corrected chi connectivity index (χ1v) is 7.63. The van der Waals surface area contributed by atoms with Crippen molar-refractivity contribution in [3.63, 3.8) is 0 Å². The van der Waals surface area contributed by atoms with Crippen LogP contribution in [0.25, 0.3) is 0 Å². The van der Waals surface area contributed by atoms with Gasteiger partial charge in [0.2, 0.25) is 0 Å². The summed E-state index contributed by atoms with van der Waals surface area (Å²) in [4.78, 5) is 4.27. The van der Waals surface area contributed by atoms with E-state index in [1.54, 1.807) is 0 Å². The van der Waals surface area contributed by atoms with Gasteiger partial charge in [-0.05, 0) is 37.7 Å². The second-order valence-electron chi connectivity index (χ2n) is 5.75. The molecule has 0 fully saturated rings. The molecule has 21 heavy (non-hydrogen) atoms. The third kappa shape index (κ3) is 9.72. The van der Waals surface area contributed by atoms with Gasteiger partial charge in [0.1, 0.15) is 0 Å². The lowest BCUT2D eigenvalue weighted by atomic mass is 10.1. The van der Waals surface area contributed by atoms with Crippen molar-refractivity contribution in [2.45, 2.75) is 46.1 Å². The van der Waals surface area contributed by atoms with Gasteiger partial charge in [-0.3, -0.25) is 4.99 Å². The van der Waals surface area contributed by atoms with E-state index in [0.29, 0.717) is 6.04 Å². The SMILES string of the molecule is CN=C(NCCC(C)C)NC(C)CCc1ccccc1.I. The highest BCUT2D eigenvalue weighted by Gasteiger charge is 2.05. The molecule has 0 radical (unpaired) electrons. The molecule has 1 aromatic rings. The maximum absolute atomic E-state index is 4.27. The Labute approximate surface area is 147 Å². The third-order valence-electron chi connectivity index (χ3n) is 3.33. The van der Waals surface area contributed by atoms with Crippen LogP contribution in [0.5, 0.6) is 0 Å². The fourth-order valence-corrected chi connectivity index (χ4v) is 2.01. The van der Waals surface area contributed by atoms with Crippen molar-refractivity contribution < 1.29 is 0 Å². The molecule has 0 aliphatic rings. The molecule has 1 unspecified atom stereocenters. The summed E-state index contributed by atoms with van der Waals surface area (Å²) in [5.41, 5.74) is 1.39. The topological polar surface area (TPSA) is 36.4 Å². The molecule has 0 amide bonds. The second-order valence-corrected chi connectivity index (χ2v) is 5.75. The molecule has 2 N–H and O–H groups in total. The lowest BCUT2D eigenvalue weighted by molar-refractivity contribution is 0.558. The van der Waals surface area contributed by atoms with Gasteiger partial charge in [0, 0.05) is 19.6 Å². The molecule has 0 spiro atoms. The average molecular weight is 403 g/mol. The minimum absolute atomic E-state index is 0. The smallest absolute Gasteiger partial charge is 0.191 e. The zero-order valence-corrected chi connectivity index (χ0v) is 16.1. The molecule has 0 aliphatic heterocycles. The van der Waals surface area contributed by atoms with E-state index < -0.39 is 0 Å². The summed E-state index contributed by atoms with van der Waals surface area (Å²) in [7, 11) is 1.83. The predicted molar refractivity (Wildman–Crippen MR) is 104 cm³/mol. The molecule has 1 aromatic carbocycles. The van der Waals surface area contributed by atoms with E-state index in [0.717, 1.165) is 31.3 Å². The third-order valence-corrected chi connectivity index (χ3v) is 3.33. The average Bonchev–Trinajstić information content (AvgIpc) is 2.44. The summed E-state index contributed by atoms with van der Waals surface area (Å²) in [6, 6.07) is 11.0. The molecule has 0 aliphatic carbocycles. The lowest BCUT2D eigenvalue weighted by Gasteiger charge is -2.18. The van der Waals surface area contributed by atoms with E-state index in [2.05, 4.69) is 66.7 Å². The maximum Gasteiger partial charge on any atom is 0.191 e. The van der Waals surface area contributed by atoms with E-state index in [1.807, 2.05) is 7.05 Å². The number of halogens is 1. The van der Waals surface area contributed by atoms with Gasteiger partial charge in [0.05, 0.1) is 0 Å². The first kappa shape index (κ1) is 20.2. The van der Waals surface area contributed by atoms with Gasteiger partial charge >= 0.3 is 0 Å². The van der Waals surface area contributed by atoms with Gasteiger partial charge in [0.15, 0.2) is 5.96 Å². The van der Waals surface area contributed by atoms with Gasteiger partial charge < -0.3 is 10.6 Å². The van der Waals surface area contributed by atoms with Crippen molar-refractivity contribution >= 4 is 29.9 Å². The molecule has 1 rings (SSSR count). The number of hydrogen-bond acceptors (Lipinski definition) is 1. The van der Waals surface area contributed by atoms with Crippen LogP contribution in [0.2, 0.25) is 0 Å². The number of nitrogens with zero attached hydrogens (tertiary/aromatic N) is 1. The Bertz CT molecular complexity index is 390. The fourth-order valence-electron chi connectivity index (χ4n) is 2.01. The normalized spacial score (nSPS) is 12.7. The first-order chi connectivity index (χ1) is 9.61. The van der Waals surface area contributed by atoms with Gasteiger partial charge in [-0.2, -0.15) is 0 Å². The highest BCUT2D eigenvalue weighted by molar-refractivity contribution is 14.0. The zero-order chi connectivity index (χ0) is 14.8. The van der Waals surface area contributed by atoms with Crippen LogP contribution in [-0.2, 0) is 6.42 Å². The van der Waals surface area contributed by atoms with Crippen LogP contribution in [0.1, 0.15) is 39.2 Å². The number of hydrogen-bond donors (Lipinski definition) is 2. The van der Waals surface area contributed by atoms with Crippen LogP contribution in [0.4, 0.5) is 0 Å². The number of rotatable bonds is 7. The highest BCUT2D eigenvalue weighted by atomic mass is 127. The molecule has 1 atom stereocenters. The number of benzene rings is 1. The Balaban J connectivity index is 0.00000400. The summed E-state index contributed by atoms with van der Waals surface area (Å²) in [5, 5.41) is 6.82. The molecule has 0 aromatic heterocycles. The summed E-state index contributed by atoms with van der Waals surface area (Å²) in [5.74, 6) is 1.63. The van der Waals surface area contributed by atoms with E-state index in [4.69, 9.17) is 0 Å². The Kier molecular flexibility index (Phi) is 11.4. The summed E-state index contributed by atoms with van der Waals surface area (Å²) in [6.07, 6.45) is 3.37. The predicted octanol–water partition coefficient (Wildman–Crippen LogP) is 3.84. The van der Waals surface area contributed by atoms with Crippen molar-refractivity contribution in [3.05, 3.63) is 35.9 Å². The van der Waals surface area contributed by atoms with Gasteiger partial charge in [-0.15, -0.1) is 24.0 Å². The van der Waals surface area contributed by atoms with Crippen LogP contribution in [0.3, 0.4) is 0 Å². The van der Waals surface area contributed by atoms with Crippen LogP contribution in [0.15, 0.2) is 35.3 Å².